The van der Waals surface area contributed by atoms with Crippen LogP contribution in [0.4, 0.5) is 5.69 Å². The minimum Gasteiger partial charge on any atom is -0.378 e. The van der Waals surface area contributed by atoms with Gasteiger partial charge >= 0.3 is 0 Å². The van der Waals surface area contributed by atoms with Crippen LogP contribution in [0.3, 0.4) is 0 Å². The number of rotatable bonds is 2. The molecule has 0 aliphatic carbocycles. The maximum Gasteiger partial charge on any atom is 0.0520 e. The number of aromatic nitrogens is 1. The summed E-state index contributed by atoms with van der Waals surface area (Å²) in [6, 6.07) is 4.01. The van der Waals surface area contributed by atoms with Crippen LogP contribution in [-0.2, 0) is 5.75 Å². The van der Waals surface area contributed by atoms with Crippen LogP contribution in [0.25, 0.3) is 0 Å². The summed E-state index contributed by atoms with van der Waals surface area (Å²) >= 11 is 4.14. The van der Waals surface area contributed by atoms with Crippen LogP contribution in [-0.4, -0.2) is 19.1 Å². The third-order valence-electron chi connectivity index (χ3n) is 1.48. The molecule has 0 spiro atoms. The van der Waals surface area contributed by atoms with Gasteiger partial charge in [-0.1, -0.05) is 0 Å². The zero-order chi connectivity index (χ0) is 8.27. The number of nitrogens with zero attached hydrogens (tertiary/aromatic N) is 2. The molecule has 0 N–H and O–H groups in total. The molecule has 1 aromatic heterocycles. The van der Waals surface area contributed by atoms with E-state index in [0.29, 0.717) is 5.75 Å². The van der Waals surface area contributed by atoms with Crippen molar-refractivity contribution in [1.82, 2.24) is 4.98 Å². The van der Waals surface area contributed by atoms with Crippen molar-refractivity contribution in [3.8, 4) is 0 Å². The van der Waals surface area contributed by atoms with E-state index in [-0.39, 0.29) is 0 Å². The summed E-state index contributed by atoms with van der Waals surface area (Å²) in [6.07, 6.45) is 1.81. The third kappa shape index (κ3) is 2.12. The molecule has 1 heterocycles. The standard InChI is InChI=1S/C8H12N2S/c1-10(2)8-3-4-9-7(5-8)6-11/h3-5,11H,6H2,1-2H3. The Hall–Kier alpha value is -0.700. The fraction of sp³-hybridized carbons (Fsp3) is 0.375. The Morgan fingerprint density at radius 1 is 1.55 bits per heavy atom. The Bertz CT molecular complexity index is 235. The summed E-state index contributed by atoms with van der Waals surface area (Å²) in [4.78, 5) is 6.19. The summed E-state index contributed by atoms with van der Waals surface area (Å²) in [7, 11) is 4.02. The molecule has 60 valence electrons. The average molecular weight is 168 g/mol. The van der Waals surface area contributed by atoms with Gasteiger partial charge in [0.2, 0.25) is 0 Å². The highest BCUT2D eigenvalue weighted by atomic mass is 32.1. The predicted octanol–water partition coefficient (Wildman–Crippen LogP) is 1.58. The van der Waals surface area contributed by atoms with Gasteiger partial charge in [-0.2, -0.15) is 12.6 Å². The molecule has 2 nitrogen and oxygen atoms in total. The van der Waals surface area contributed by atoms with Gasteiger partial charge in [-0.3, -0.25) is 4.98 Å². The number of hydrogen-bond acceptors (Lipinski definition) is 3. The van der Waals surface area contributed by atoms with Crippen LogP contribution in [0.1, 0.15) is 5.69 Å². The van der Waals surface area contributed by atoms with Crippen LogP contribution in [0.2, 0.25) is 0 Å². The highest BCUT2D eigenvalue weighted by molar-refractivity contribution is 7.79. The SMILES string of the molecule is CN(C)c1ccnc(CS)c1. The van der Waals surface area contributed by atoms with E-state index in [9.17, 15) is 0 Å². The molecule has 0 aliphatic rings. The van der Waals surface area contributed by atoms with Crippen LogP contribution >= 0.6 is 12.6 Å². The molecule has 0 atom stereocenters. The molecule has 0 saturated heterocycles. The molecule has 0 saturated carbocycles. The van der Waals surface area contributed by atoms with Gasteiger partial charge in [0, 0.05) is 31.7 Å². The topological polar surface area (TPSA) is 16.1 Å². The van der Waals surface area contributed by atoms with Crippen molar-refractivity contribution in [2.45, 2.75) is 5.75 Å². The summed E-state index contributed by atoms with van der Waals surface area (Å²) in [5.74, 6) is 0.696. The molecule has 3 heteroatoms. The fourth-order valence-corrected chi connectivity index (χ4v) is 1.00. The molecule has 0 aromatic carbocycles. The zero-order valence-electron chi connectivity index (χ0n) is 6.78. The smallest absolute Gasteiger partial charge is 0.0520 e. The zero-order valence-corrected chi connectivity index (χ0v) is 7.68. The van der Waals surface area contributed by atoms with Gasteiger partial charge in [0.1, 0.15) is 0 Å². The highest BCUT2D eigenvalue weighted by Crippen LogP contribution is 2.11. The molecule has 0 unspecified atom stereocenters. The number of anilines is 1. The number of thiol groups is 1. The molecule has 0 bridgehead atoms. The Balaban J connectivity index is 2.91. The van der Waals surface area contributed by atoms with Gasteiger partial charge in [-0.25, -0.2) is 0 Å². The van der Waals surface area contributed by atoms with E-state index in [1.807, 2.05) is 26.2 Å². The van der Waals surface area contributed by atoms with E-state index in [1.165, 1.54) is 5.69 Å². The first-order valence-corrected chi connectivity index (χ1v) is 4.10. The second-order valence-corrected chi connectivity index (χ2v) is 2.87. The summed E-state index contributed by atoms with van der Waals surface area (Å²) < 4.78 is 0. The summed E-state index contributed by atoms with van der Waals surface area (Å²) in [5.41, 5.74) is 2.18. The van der Waals surface area contributed by atoms with E-state index in [0.717, 1.165) is 5.69 Å². The molecule has 0 radical (unpaired) electrons. The number of hydrogen-bond donors (Lipinski definition) is 1. The van der Waals surface area contributed by atoms with Crippen LogP contribution in [0.15, 0.2) is 18.3 Å². The van der Waals surface area contributed by atoms with Gasteiger partial charge in [-0.05, 0) is 12.1 Å². The monoisotopic (exact) mass is 168 g/mol. The molecule has 1 aromatic rings. The average Bonchev–Trinajstić information content (AvgIpc) is 2.05. The minimum atomic E-state index is 0.696. The maximum absolute atomic E-state index is 4.14. The van der Waals surface area contributed by atoms with Crippen LogP contribution in [0.5, 0.6) is 0 Å². The van der Waals surface area contributed by atoms with Crippen LogP contribution < -0.4 is 4.90 Å². The second-order valence-electron chi connectivity index (χ2n) is 2.56. The van der Waals surface area contributed by atoms with E-state index in [1.54, 1.807) is 6.20 Å². The third-order valence-corrected chi connectivity index (χ3v) is 1.80. The van der Waals surface area contributed by atoms with Crippen molar-refractivity contribution in [3.63, 3.8) is 0 Å². The van der Waals surface area contributed by atoms with Gasteiger partial charge in [-0.15, -0.1) is 0 Å². The first-order valence-electron chi connectivity index (χ1n) is 3.47. The minimum absolute atomic E-state index is 0.696. The van der Waals surface area contributed by atoms with Crippen LogP contribution in [0, 0.1) is 0 Å². The van der Waals surface area contributed by atoms with Gasteiger partial charge in [0.15, 0.2) is 0 Å². The van der Waals surface area contributed by atoms with Crippen molar-refractivity contribution >= 4 is 18.3 Å². The largest absolute Gasteiger partial charge is 0.378 e. The lowest BCUT2D eigenvalue weighted by Crippen LogP contribution is -2.08. The first-order chi connectivity index (χ1) is 5.24. The molecule has 11 heavy (non-hydrogen) atoms. The normalized spacial score (nSPS) is 9.73. The van der Waals surface area contributed by atoms with Crippen molar-refractivity contribution in [2.24, 2.45) is 0 Å². The van der Waals surface area contributed by atoms with E-state index in [2.05, 4.69) is 22.5 Å². The van der Waals surface area contributed by atoms with E-state index >= 15 is 0 Å². The van der Waals surface area contributed by atoms with Gasteiger partial charge < -0.3 is 4.90 Å². The van der Waals surface area contributed by atoms with Crippen molar-refractivity contribution in [3.05, 3.63) is 24.0 Å². The summed E-state index contributed by atoms with van der Waals surface area (Å²) in [6.45, 7) is 0. The van der Waals surface area contributed by atoms with Gasteiger partial charge in [0.25, 0.3) is 0 Å². The first kappa shape index (κ1) is 8.40. The lowest BCUT2D eigenvalue weighted by atomic mass is 10.3. The molecular weight excluding hydrogens is 156 g/mol. The molecule has 0 fully saturated rings. The Morgan fingerprint density at radius 2 is 2.27 bits per heavy atom. The Labute approximate surface area is 72.7 Å². The quantitative estimate of drug-likeness (QED) is 0.675. The number of pyridine rings is 1. The molecular formula is C8H12N2S. The van der Waals surface area contributed by atoms with E-state index < -0.39 is 0 Å². The second kappa shape index (κ2) is 3.62. The lowest BCUT2D eigenvalue weighted by Gasteiger charge is -2.12. The maximum atomic E-state index is 4.14. The molecule has 0 amide bonds. The van der Waals surface area contributed by atoms with Gasteiger partial charge in [0.05, 0.1) is 5.69 Å². The van der Waals surface area contributed by atoms with E-state index in [4.69, 9.17) is 0 Å². The predicted molar refractivity (Wildman–Crippen MR) is 51.3 cm³/mol. The Morgan fingerprint density at radius 3 is 2.82 bits per heavy atom. The fourth-order valence-electron chi connectivity index (χ4n) is 0.830. The molecule has 0 aliphatic heterocycles. The Kier molecular flexibility index (Phi) is 2.76. The lowest BCUT2D eigenvalue weighted by molar-refractivity contribution is 1.09. The van der Waals surface area contributed by atoms with Crippen molar-refractivity contribution in [2.75, 3.05) is 19.0 Å². The highest BCUT2D eigenvalue weighted by Gasteiger charge is 1.95. The van der Waals surface area contributed by atoms with Crippen molar-refractivity contribution in [1.29, 1.82) is 0 Å². The molecule has 1 rings (SSSR count). The van der Waals surface area contributed by atoms with Crippen molar-refractivity contribution < 1.29 is 0 Å². The summed E-state index contributed by atoms with van der Waals surface area (Å²) in [5, 5.41) is 0.